The summed E-state index contributed by atoms with van der Waals surface area (Å²) in [6.07, 6.45) is 2.39. The quantitative estimate of drug-likeness (QED) is 0.686. The second-order valence-electron chi connectivity index (χ2n) is 2.90. The zero-order chi connectivity index (χ0) is 8.39. The molecule has 0 saturated heterocycles. The summed E-state index contributed by atoms with van der Waals surface area (Å²) >= 11 is 1.72. The molecule has 0 aliphatic rings. The van der Waals surface area contributed by atoms with Crippen molar-refractivity contribution in [1.82, 2.24) is 4.98 Å². The maximum absolute atomic E-state index is 4.24. The van der Waals surface area contributed by atoms with Gasteiger partial charge in [0.1, 0.15) is 0 Å². The lowest BCUT2D eigenvalue weighted by Gasteiger charge is -1.96. The van der Waals surface area contributed by atoms with E-state index in [-0.39, 0.29) is 0 Å². The molecule has 0 saturated carbocycles. The molecular weight excluding hydrogens is 166 g/mol. The SMILES string of the molecule is CCCc1ccc2ncsc2c1. The summed E-state index contributed by atoms with van der Waals surface area (Å²) in [5.41, 5.74) is 4.45. The fourth-order valence-electron chi connectivity index (χ4n) is 1.34. The minimum atomic E-state index is 1.12. The molecule has 0 N–H and O–H groups in total. The summed E-state index contributed by atoms with van der Waals surface area (Å²) in [5.74, 6) is 0. The molecule has 0 amide bonds. The van der Waals surface area contributed by atoms with E-state index < -0.39 is 0 Å². The number of hydrogen-bond donors (Lipinski definition) is 0. The van der Waals surface area contributed by atoms with E-state index in [9.17, 15) is 0 Å². The maximum Gasteiger partial charge on any atom is 0.0812 e. The second-order valence-corrected chi connectivity index (χ2v) is 3.79. The summed E-state index contributed by atoms with van der Waals surface area (Å²) in [7, 11) is 0. The zero-order valence-electron chi connectivity index (χ0n) is 7.08. The highest BCUT2D eigenvalue weighted by atomic mass is 32.1. The van der Waals surface area contributed by atoms with E-state index in [0.29, 0.717) is 0 Å². The Labute approximate surface area is 76.1 Å². The molecule has 0 aliphatic heterocycles. The van der Waals surface area contributed by atoms with E-state index in [1.165, 1.54) is 23.1 Å². The first kappa shape index (κ1) is 7.74. The van der Waals surface area contributed by atoms with Crippen LogP contribution in [0.2, 0.25) is 0 Å². The largest absolute Gasteiger partial charge is 0.245 e. The molecule has 2 aromatic rings. The van der Waals surface area contributed by atoms with Gasteiger partial charge in [0.25, 0.3) is 0 Å². The molecule has 0 fully saturated rings. The molecule has 12 heavy (non-hydrogen) atoms. The van der Waals surface area contributed by atoms with Crippen molar-refractivity contribution in [2.24, 2.45) is 0 Å². The van der Waals surface area contributed by atoms with Crippen molar-refractivity contribution in [3.63, 3.8) is 0 Å². The minimum Gasteiger partial charge on any atom is -0.245 e. The van der Waals surface area contributed by atoms with Crippen molar-refractivity contribution in [3.05, 3.63) is 29.3 Å². The monoisotopic (exact) mass is 177 g/mol. The van der Waals surface area contributed by atoms with Crippen LogP contribution in [0.25, 0.3) is 10.2 Å². The predicted octanol–water partition coefficient (Wildman–Crippen LogP) is 3.25. The van der Waals surface area contributed by atoms with E-state index in [1.54, 1.807) is 11.3 Å². The van der Waals surface area contributed by atoms with Crippen LogP contribution in [0.1, 0.15) is 18.9 Å². The number of hydrogen-bond acceptors (Lipinski definition) is 2. The molecule has 1 nitrogen and oxygen atoms in total. The molecule has 0 radical (unpaired) electrons. The molecule has 2 rings (SSSR count). The van der Waals surface area contributed by atoms with E-state index in [4.69, 9.17) is 0 Å². The summed E-state index contributed by atoms with van der Waals surface area (Å²) in [6.45, 7) is 2.21. The normalized spacial score (nSPS) is 10.8. The third kappa shape index (κ3) is 1.34. The van der Waals surface area contributed by atoms with Gasteiger partial charge >= 0.3 is 0 Å². The number of thiazole rings is 1. The van der Waals surface area contributed by atoms with Crippen molar-refractivity contribution < 1.29 is 0 Å². The molecule has 0 spiro atoms. The molecular formula is C10H11NS. The van der Waals surface area contributed by atoms with Gasteiger partial charge in [0.2, 0.25) is 0 Å². The Morgan fingerprint density at radius 1 is 1.42 bits per heavy atom. The van der Waals surface area contributed by atoms with Crippen molar-refractivity contribution in [2.75, 3.05) is 0 Å². The Bertz CT molecular complexity index is 378. The number of aromatic nitrogens is 1. The molecule has 2 heteroatoms. The number of fused-ring (bicyclic) bond motifs is 1. The molecule has 0 atom stereocenters. The van der Waals surface area contributed by atoms with Gasteiger partial charge in [-0.1, -0.05) is 19.4 Å². The van der Waals surface area contributed by atoms with Crippen molar-refractivity contribution >= 4 is 21.6 Å². The van der Waals surface area contributed by atoms with Crippen LogP contribution in [0, 0.1) is 0 Å². The van der Waals surface area contributed by atoms with E-state index >= 15 is 0 Å². The van der Waals surface area contributed by atoms with Crippen LogP contribution in [-0.2, 0) is 6.42 Å². The van der Waals surface area contributed by atoms with Crippen LogP contribution in [0.4, 0.5) is 0 Å². The lowest BCUT2D eigenvalue weighted by molar-refractivity contribution is 0.924. The highest BCUT2D eigenvalue weighted by Gasteiger charge is 1.96. The fourth-order valence-corrected chi connectivity index (χ4v) is 2.08. The average molecular weight is 177 g/mol. The Kier molecular flexibility index (Phi) is 2.09. The number of nitrogens with zero attached hydrogens (tertiary/aromatic N) is 1. The van der Waals surface area contributed by atoms with E-state index in [2.05, 4.69) is 30.1 Å². The smallest absolute Gasteiger partial charge is 0.0812 e. The standard InChI is InChI=1S/C10H11NS/c1-2-3-8-4-5-9-10(6-8)12-7-11-9/h4-7H,2-3H2,1H3. The van der Waals surface area contributed by atoms with Gasteiger partial charge in [0.05, 0.1) is 15.7 Å². The average Bonchev–Trinajstić information content (AvgIpc) is 2.51. The number of aryl methyl sites for hydroxylation is 1. The van der Waals surface area contributed by atoms with Crippen LogP contribution >= 0.6 is 11.3 Å². The molecule has 0 bridgehead atoms. The van der Waals surface area contributed by atoms with E-state index in [1.807, 2.05) is 5.51 Å². The van der Waals surface area contributed by atoms with Gasteiger partial charge in [0, 0.05) is 0 Å². The lowest BCUT2D eigenvalue weighted by Crippen LogP contribution is -1.80. The van der Waals surface area contributed by atoms with E-state index in [0.717, 1.165) is 5.52 Å². The van der Waals surface area contributed by atoms with Gasteiger partial charge < -0.3 is 0 Å². The Morgan fingerprint density at radius 2 is 2.33 bits per heavy atom. The van der Waals surface area contributed by atoms with Gasteiger partial charge in [-0.3, -0.25) is 0 Å². The van der Waals surface area contributed by atoms with Gasteiger partial charge in [-0.25, -0.2) is 4.98 Å². The van der Waals surface area contributed by atoms with Gasteiger partial charge in [-0.05, 0) is 24.1 Å². The Hall–Kier alpha value is -0.890. The third-order valence-corrected chi connectivity index (χ3v) is 2.73. The number of benzene rings is 1. The summed E-state index contributed by atoms with van der Waals surface area (Å²) in [5, 5.41) is 0. The highest BCUT2D eigenvalue weighted by Crippen LogP contribution is 2.19. The molecule has 1 aromatic heterocycles. The van der Waals surface area contributed by atoms with Crippen molar-refractivity contribution in [1.29, 1.82) is 0 Å². The second kappa shape index (κ2) is 3.23. The first-order chi connectivity index (χ1) is 5.90. The lowest BCUT2D eigenvalue weighted by atomic mass is 10.1. The van der Waals surface area contributed by atoms with Gasteiger partial charge in [-0.2, -0.15) is 0 Å². The summed E-state index contributed by atoms with van der Waals surface area (Å²) in [6, 6.07) is 6.53. The number of rotatable bonds is 2. The summed E-state index contributed by atoms with van der Waals surface area (Å²) in [4.78, 5) is 4.24. The van der Waals surface area contributed by atoms with Crippen LogP contribution in [0.3, 0.4) is 0 Å². The van der Waals surface area contributed by atoms with Crippen LogP contribution in [-0.4, -0.2) is 4.98 Å². The molecule has 62 valence electrons. The minimum absolute atomic E-state index is 1.12. The Morgan fingerprint density at radius 3 is 3.17 bits per heavy atom. The topological polar surface area (TPSA) is 12.9 Å². The zero-order valence-corrected chi connectivity index (χ0v) is 7.90. The van der Waals surface area contributed by atoms with Crippen molar-refractivity contribution in [2.45, 2.75) is 19.8 Å². The predicted molar refractivity (Wildman–Crippen MR) is 53.6 cm³/mol. The maximum atomic E-state index is 4.24. The van der Waals surface area contributed by atoms with Crippen LogP contribution in [0.15, 0.2) is 23.7 Å². The Balaban J connectivity index is 2.46. The molecule has 0 unspecified atom stereocenters. The van der Waals surface area contributed by atoms with Gasteiger partial charge in [0.15, 0.2) is 0 Å². The van der Waals surface area contributed by atoms with Gasteiger partial charge in [-0.15, -0.1) is 11.3 Å². The molecule has 0 aliphatic carbocycles. The first-order valence-electron chi connectivity index (χ1n) is 4.22. The first-order valence-corrected chi connectivity index (χ1v) is 5.10. The van der Waals surface area contributed by atoms with Crippen LogP contribution < -0.4 is 0 Å². The fraction of sp³-hybridized carbons (Fsp3) is 0.300. The van der Waals surface area contributed by atoms with Crippen LogP contribution in [0.5, 0.6) is 0 Å². The van der Waals surface area contributed by atoms with Crippen molar-refractivity contribution in [3.8, 4) is 0 Å². The molecule has 1 aromatic carbocycles. The summed E-state index contributed by atoms with van der Waals surface area (Å²) < 4.78 is 1.31. The highest BCUT2D eigenvalue weighted by molar-refractivity contribution is 7.16. The third-order valence-electron chi connectivity index (χ3n) is 1.93. The molecule has 1 heterocycles.